The van der Waals surface area contributed by atoms with Crippen LogP contribution in [0.25, 0.3) is 11.1 Å². The van der Waals surface area contributed by atoms with Crippen LogP contribution in [0.15, 0.2) is 48.5 Å². The highest BCUT2D eigenvalue weighted by molar-refractivity contribution is 5.67. The Hall–Kier alpha value is -2.56. The van der Waals surface area contributed by atoms with Gasteiger partial charge in [-0.3, -0.25) is 0 Å². The summed E-state index contributed by atoms with van der Waals surface area (Å²) in [6, 6.07) is 14.5. The number of piperazine rings is 1. The van der Waals surface area contributed by atoms with Crippen molar-refractivity contribution < 1.29 is 14.3 Å². The van der Waals surface area contributed by atoms with Gasteiger partial charge in [0.2, 0.25) is 0 Å². The maximum Gasteiger partial charge on any atom is 0.407 e. The molecule has 2 aromatic carbocycles. The standard InChI is InChI=1S/C17H17FN2O2/c18-15-5-1-13(2-6-15)14-3-7-16(8-4-14)19-9-11-20(12-10-19)17(21)22/h1-8H,9-12H2,(H,21,22). The van der Waals surface area contributed by atoms with Crippen molar-refractivity contribution in [3.63, 3.8) is 0 Å². The van der Waals surface area contributed by atoms with Crippen molar-refractivity contribution in [2.75, 3.05) is 31.1 Å². The van der Waals surface area contributed by atoms with E-state index in [1.165, 1.54) is 17.0 Å². The maximum atomic E-state index is 12.9. The molecule has 1 amide bonds. The van der Waals surface area contributed by atoms with Crippen LogP contribution in [-0.4, -0.2) is 42.3 Å². The molecule has 2 aromatic rings. The van der Waals surface area contributed by atoms with Crippen molar-refractivity contribution >= 4 is 11.8 Å². The Bertz CT molecular complexity index is 647. The average molecular weight is 300 g/mol. The van der Waals surface area contributed by atoms with Crippen LogP contribution in [0.2, 0.25) is 0 Å². The Kier molecular flexibility index (Phi) is 3.96. The molecule has 1 aliphatic heterocycles. The first-order valence-electron chi connectivity index (χ1n) is 7.22. The second-order valence-electron chi connectivity index (χ2n) is 5.31. The number of anilines is 1. The first-order valence-corrected chi connectivity index (χ1v) is 7.22. The number of hydrogen-bond acceptors (Lipinski definition) is 2. The first kappa shape index (κ1) is 14.4. The van der Waals surface area contributed by atoms with E-state index in [9.17, 15) is 9.18 Å². The number of amides is 1. The van der Waals surface area contributed by atoms with Crippen LogP contribution in [-0.2, 0) is 0 Å². The molecule has 1 saturated heterocycles. The second kappa shape index (κ2) is 6.05. The molecule has 1 N–H and O–H groups in total. The van der Waals surface area contributed by atoms with Gasteiger partial charge in [0.15, 0.2) is 0 Å². The smallest absolute Gasteiger partial charge is 0.407 e. The third kappa shape index (κ3) is 3.03. The SMILES string of the molecule is O=C(O)N1CCN(c2ccc(-c3ccc(F)cc3)cc2)CC1. The molecule has 0 atom stereocenters. The van der Waals surface area contributed by atoms with Gasteiger partial charge in [0.05, 0.1) is 0 Å². The van der Waals surface area contributed by atoms with Crippen molar-refractivity contribution in [2.24, 2.45) is 0 Å². The summed E-state index contributed by atoms with van der Waals surface area (Å²) in [6.45, 7) is 2.44. The summed E-state index contributed by atoms with van der Waals surface area (Å²) in [5.74, 6) is -0.239. The number of rotatable bonds is 2. The third-order valence-electron chi connectivity index (χ3n) is 3.96. The summed E-state index contributed by atoms with van der Waals surface area (Å²) >= 11 is 0. The van der Waals surface area contributed by atoms with Gasteiger partial charge in [-0.2, -0.15) is 0 Å². The zero-order valence-corrected chi connectivity index (χ0v) is 12.1. The predicted molar refractivity (Wildman–Crippen MR) is 83.6 cm³/mol. The van der Waals surface area contributed by atoms with Gasteiger partial charge >= 0.3 is 6.09 Å². The predicted octanol–water partition coefficient (Wildman–Crippen LogP) is 3.29. The van der Waals surface area contributed by atoms with Crippen LogP contribution >= 0.6 is 0 Å². The Morgan fingerprint density at radius 1 is 0.864 bits per heavy atom. The lowest BCUT2D eigenvalue weighted by Gasteiger charge is -2.34. The second-order valence-corrected chi connectivity index (χ2v) is 5.31. The first-order chi connectivity index (χ1) is 10.6. The minimum absolute atomic E-state index is 0.239. The summed E-state index contributed by atoms with van der Waals surface area (Å²) in [7, 11) is 0. The van der Waals surface area contributed by atoms with Gasteiger partial charge in [0.1, 0.15) is 5.82 Å². The van der Waals surface area contributed by atoms with E-state index in [1.54, 1.807) is 12.1 Å². The van der Waals surface area contributed by atoms with Crippen LogP contribution < -0.4 is 4.90 Å². The average Bonchev–Trinajstić information content (AvgIpc) is 2.56. The van der Waals surface area contributed by atoms with Crippen LogP contribution in [0.1, 0.15) is 0 Å². The zero-order valence-electron chi connectivity index (χ0n) is 12.1. The number of halogens is 1. The number of carboxylic acid groups (broad SMARTS) is 1. The Balaban J connectivity index is 1.70. The third-order valence-corrected chi connectivity index (χ3v) is 3.96. The highest BCUT2D eigenvalue weighted by Gasteiger charge is 2.20. The molecule has 0 saturated carbocycles. The minimum Gasteiger partial charge on any atom is -0.465 e. The molecule has 0 aliphatic carbocycles. The lowest BCUT2D eigenvalue weighted by molar-refractivity contribution is 0.142. The van der Waals surface area contributed by atoms with Gasteiger partial charge < -0.3 is 14.9 Å². The van der Waals surface area contributed by atoms with Crippen LogP contribution in [0.5, 0.6) is 0 Å². The fourth-order valence-electron chi connectivity index (χ4n) is 2.66. The van der Waals surface area contributed by atoms with Crippen molar-refractivity contribution in [1.82, 2.24) is 4.90 Å². The van der Waals surface area contributed by atoms with Gasteiger partial charge in [-0.25, -0.2) is 9.18 Å². The number of nitrogens with zero attached hydrogens (tertiary/aromatic N) is 2. The monoisotopic (exact) mass is 300 g/mol. The Morgan fingerprint density at radius 2 is 1.36 bits per heavy atom. The molecule has 0 aromatic heterocycles. The lowest BCUT2D eigenvalue weighted by atomic mass is 10.1. The molecule has 0 unspecified atom stereocenters. The molecule has 4 nitrogen and oxygen atoms in total. The van der Waals surface area contributed by atoms with Crippen molar-refractivity contribution in [3.05, 3.63) is 54.3 Å². The Morgan fingerprint density at radius 3 is 1.86 bits per heavy atom. The van der Waals surface area contributed by atoms with E-state index in [4.69, 9.17) is 5.11 Å². The molecule has 1 heterocycles. The van der Waals surface area contributed by atoms with Crippen molar-refractivity contribution in [1.29, 1.82) is 0 Å². The van der Waals surface area contributed by atoms with Crippen LogP contribution in [0.3, 0.4) is 0 Å². The largest absolute Gasteiger partial charge is 0.465 e. The zero-order chi connectivity index (χ0) is 15.5. The molecule has 1 aliphatic rings. The summed E-state index contributed by atoms with van der Waals surface area (Å²) in [4.78, 5) is 14.5. The van der Waals surface area contributed by atoms with E-state index in [0.717, 1.165) is 16.8 Å². The molecule has 0 radical (unpaired) electrons. The molecule has 1 fully saturated rings. The van der Waals surface area contributed by atoms with E-state index in [-0.39, 0.29) is 5.82 Å². The molecule has 114 valence electrons. The fourth-order valence-corrected chi connectivity index (χ4v) is 2.66. The topological polar surface area (TPSA) is 43.8 Å². The quantitative estimate of drug-likeness (QED) is 0.925. The molecule has 5 heteroatoms. The van der Waals surface area contributed by atoms with E-state index >= 15 is 0 Å². The Labute approximate surface area is 128 Å². The minimum atomic E-state index is -0.855. The summed E-state index contributed by atoms with van der Waals surface area (Å²) in [6.07, 6.45) is -0.855. The van der Waals surface area contributed by atoms with Gasteiger partial charge in [0.25, 0.3) is 0 Å². The molecular weight excluding hydrogens is 283 g/mol. The van der Waals surface area contributed by atoms with Gasteiger partial charge in [-0.1, -0.05) is 24.3 Å². The van der Waals surface area contributed by atoms with Crippen LogP contribution in [0, 0.1) is 5.82 Å². The number of hydrogen-bond donors (Lipinski definition) is 1. The maximum absolute atomic E-state index is 12.9. The highest BCUT2D eigenvalue weighted by atomic mass is 19.1. The lowest BCUT2D eigenvalue weighted by Crippen LogP contribution is -2.48. The van der Waals surface area contributed by atoms with Gasteiger partial charge in [0, 0.05) is 31.9 Å². The molecule has 0 spiro atoms. The van der Waals surface area contributed by atoms with Gasteiger partial charge in [-0.05, 0) is 35.4 Å². The van der Waals surface area contributed by atoms with E-state index < -0.39 is 6.09 Å². The summed E-state index contributed by atoms with van der Waals surface area (Å²) in [5.41, 5.74) is 3.09. The summed E-state index contributed by atoms with van der Waals surface area (Å²) in [5, 5.41) is 8.96. The highest BCUT2D eigenvalue weighted by Crippen LogP contribution is 2.24. The molecule has 3 rings (SSSR count). The molecular formula is C17H17FN2O2. The molecule has 0 bridgehead atoms. The summed E-state index contributed by atoms with van der Waals surface area (Å²) < 4.78 is 12.9. The van der Waals surface area contributed by atoms with Crippen molar-refractivity contribution in [2.45, 2.75) is 0 Å². The number of benzene rings is 2. The van der Waals surface area contributed by atoms with Crippen LogP contribution in [0.4, 0.5) is 14.9 Å². The molecule has 22 heavy (non-hydrogen) atoms. The van der Waals surface area contributed by atoms with Crippen molar-refractivity contribution in [3.8, 4) is 11.1 Å². The fraction of sp³-hybridized carbons (Fsp3) is 0.235. The normalized spacial score (nSPS) is 15.0. The van der Waals surface area contributed by atoms with E-state index in [1.807, 2.05) is 24.3 Å². The van der Waals surface area contributed by atoms with E-state index in [2.05, 4.69) is 4.90 Å². The van der Waals surface area contributed by atoms with E-state index in [0.29, 0.717) is 26.2 Å². The van der Waals surface area contributed by atoms with Gasteiger partial charge in [-0.15, -0.1) is 0 Å². The number of carbonyl (C=O) groups is 1.